The molecule has 0 spiro atoms. The maximum atomic E-state index is 4.27. The van der Waals surface area contributed by atoms with Gasteiger partial charge in [0.05, 0.1) is 0 Å². The highest BCUT2D eigenvalue weighted by Crippen LogP contribution is 2.13. The summed E-state index contributed by atoms with van der Waals surface area (Å²) >= 11 is 3.55. The number of hydrogen-bond acceptors (Lipinski definition) is 3. The molecule has 3 heteroatoms. The van der Waals surface area contributed by atoms with E-state index in [-0.39, 0.29) is 0 Å². The highest BCUT2D eigenvalue weighted by Gasteiger charge is 1.91. The molecule has 0 aromatic heterocycles. The molecule has 0 fully saturated rings. The van der Waals surface area contributed by atoms with Gasteiger partial charge in [-0.2, -0.15) is 0 Å². The molecule has 0 aliphatic rings. The minimum absolute atomic E-state index is 0.906. The Labute approximate surface area is 65.7 Å². The van der Waals surface area contributed by atoms with Crippen LogP contribution >= 0.6 is 23.5 Å². The lowest BCUT2D eigenvalue weighted by molar-refractivity contribution is 1.14. The average Bonchev–Trinajstić information content (AvgIpc) is 1.88. The molecule has 0 atom stereocenters. The van der Waals surface area contributed by atoms with Crippen molar-refractivity contribution in [1.29, 1.82) is 0 Å². The molecule has 0 amide bonds. The van der Waals surface area contributed by atoms with Gasteiger partial charge in [-0.25, -0.2) is 0 Å². The highest BCUT2D eigenvalue weighted by molar-refractivity contribution is 8.38. The second-order valence-electron chi connectivity index (χ2n) is 1.38. The Morgan fingerprint density at radius 2 is 2.11 bits per heavy atom. The molecule has 0 aliphatic carbocycles. The van der Waals surface area contributed by atoms with Crippen LogP contribution in [0.4, 0.5) is 0 Å². The summed E-state index contributed by atoms with van der Waals surface area (Å²) in [5.41, 5.74) is 0. The van der Waals surface area contributed by atoms with Gasteiger partial charge in [-0.3, -0.25) is 4.99 Å². The van der Waals surface area contributed by atoms with E-state index in [2.05, 4.69) is 25.1 Å². The standard InChI is InChI=1S/C6H13NS2/c1-4-7-6(8-3)9-5-2/h4-5H2,1-3H3. The normalized spacial score (nSPS) is 12.1. The van der Waals surface area contributed by atoms with Crippen LogP contribution in [0.1, 0.15) is 13.8 Å². The number of nitrogens with zero attached hydrogens (tertiary/aromatic N) is 1. The zero-order chi connectivity index (χ0) is 7.11. The van der Waals surface area contributed by atoms with Crippen LogP contribution in [0.2, 0.25) is 0 Å². The van der Waals surface area contributed by atoms with E-state index in [4.69, 9.17) is 0 Å². The highest BCUT2D eigenvalue weighted by atomic mass is 32.2. The van der Waals surface area contributed by atoms with E-state index in [1.165, 1.54) is 4.38 Å². The zero-order valence-electron chi connectivity index (χ0n) is 6.18. The van der Waals surface area contributed by atoms with Crippen molar-refractivity contribution < 1.29 is 0 Å². The van der Waals surface area contributed by atoms with Crippen LogP contribution in [-0.4, -0.2) is 22.9 Å². The summed E-state index contributed by atoms with van der Waals surface area (Å²) in [4.78, 5) is 4.27. The minimum atomic E-state index is 0.906. The van der Waals surface area contributed by atoms with Gasteiger partial charge in [0.1, 0.15) is 4.38 Å². The van der Waals surface area contributed by atoms with E-state index in [9.17, 15) is 0 Å². The molecule has 0 radical (unpaired) electrons. The Morgan fingerprint density at radius 1 is 1.44 bits per heavy atom. The van der Waals surface area contributed by atoms with Gasteiger partial charge >= 0.3 is 0 Å². The lowest BCUT2D eigenvalue weighted by Gasteiger charge is -1.96. The fourth-order valence-corrected chi connectivity index (χ4v) is 1.97. The molecule has 54 valence electrons. The first-order valence-corrected chi connectivity index (χ1v) is 5.27. The summed E-state index contributed by atoms with van der Waals surface area (Å²) in [5.74, 6) is 1.12. The summed E-state index contributed by atoms with van der Waals surface area (Å²) in [6.07, 6.45) is 2.07. The van der Waals surface area contributed by atoms with Gasteiger partial charge in [0.25, 0.3) is 0 Å². The molecule has 0 heterocycles. The first kappa shape index (κ1) is 9.37. The molecule has 0 N–H and O–H groups in total. The largest absolute Gasteiger partial charge is 0.272 e. The molecule has 0 saturated carbocycles. The molecule has 0 rings (SSSR count). The minimum Gasteiger partial charge on any atom is -0.272 e. The van der Waals surface area contributed by atoms with E-state index >= 15 is 0 Å². The third kappa shape index (κ3) is 4.85. The summed E-state index contributed by atoms with van der Waals surface area (Å²) in [7, 11) is 0. The quantitative estimate of drug-likeness (QED) is 0.458. The summed E-state index contributed by atoms with van der Waals surface area (Å²) in [6, 6.07) is 0. The van der Waals surface area contributed by atoms with E-state index < -0.39 is 0 Å². The maximum Gasteiger partial charge on any atom is 0.124 e. The van der Waals surface area contributed by atoms with Gasteiger partial charge < -0.3 is 0 Å². The average molecular weight is 163 g/mol. The monoisotopic (exact) mass is 163 g/mol. The topological polar surface area (TPSA) is 12.4 Å². The molecule has 0 saturated heterocycles. The first-order valence-electron chi connectivity index (χ1n) is 3.06. The molecule has 0 aromatic rings. The third-order valence-electron chi connectivity index (χ3n) is 0.730. The lowest BCUT2D eigenvalue weighted by Crippen LogP contribution is -1.85. The first-order chi connectivity index (χ1) is 4.35. The van der Waals surface area contributed by atoms with E-state index in [0.29, 0.717) is 0 Å². The maximum absolute atomic E-state index is 4.27. The Morgan fingerprint density at radius 3 is 2.44 bits per heavy atom. The predicted molar refractivity (Wildman–Crippen MR) is 49.6 cm³/mol. The smallest absolute Gasteiger partial charge is 0.124 e. The SMILES string of the molecule is CCN=C(SC)SCC. The Bertz CT molecular complexity index is 91.1. The Balaban J connectivity index is 3.53. The van der Waals surface area contributed by atoms with Gasteiger partial charge in [-0.15, -0.1) is 23.5 Å². The van der Waals surface area contributed by atoms with Crippen molar-refractivity contribution in [2.24, 2.45) is 4.99 Å². The number of thioether (sulfide) groups is 2. The van der Waals surface area contributed by atoms with Gasteiger partial charge in [0.15, 0.2) is 0 Å². The molecule has 0 aromatic carbocycles. The summed E-state index contributed by atoms with van der Waals surface area (Å²) < 4.78 is 1.21. The summed E-state index contributed by atoms with van der Waals surface area (Å²) in [6.45, 7) is 5.11. The molecule has 1 nitrogen and oxygen atoms in total. The van der Waals surface area contributed by atoms with Crippen molar-refractivity contribution in [3.05, 3.63) is 0 Å². The fourth-order valence-electron chi connectivity index (χ4n) is 0.422. The molecule has 0 bridgehead atoms. The molecule has 0 aliphatic heterocycles. The van der Waals surface area contributed by atoms with Crippen LogP contribution in [0.15, 0.2) is 4.99 Å². The fraction of sp³-hybridized carbons (Fsp3) is 0.833. The van der Waals surface area contributed by atoms with Crippen molar-refractivity contribution in [3.8, 4) is 0 Å². The molecule has 0 unspecified atom stereocenters. The van der Waals surface area contributed by atoms with E-state index in [1.54, 1.807) is 11.8 Å². The van der Waals surface area contributed by atoms with Crippen molar-refractivity contribution in [1.82, 2.24) is 0 Å². The Hall–Kier alpha value is 0.370. The van der Waals surface area contributed by atoms with Crippen LogP contribution in [0.3, 0.4) is 0 Å². The number of hydrogen-bond donors (Lipinski definition) is 0. The predicted octanol–water partition coefficient (Wildman–Crippen LogP) is 2.48. The number of rotatable bonds is 2. The van der Waals surface area contributed by atoms with E-state index in [1.807, 2.05) is 11.8 Å². The second kappa shape index (κ2) is 6.49. The van der Waals surface area contributed by atoms with Crippen molar-refractivity contribution in [3.63, 3.8) is 0 Å². The molecule has 9 heavy (non-hydrogen) atoms. The van der Waals surface area contributed by atoms with Gasteiger partial charge in [-0.1, -0.05) is 6.92 Å². The van der Waals surface area contributed by atoms with Crippen LogP contribution < -0.4 is 0 Å². The number of aliphatic imine (C=N–C) groups is 1. The van der Waals surface area contributed by atoms with E-state index in [0.717, 1.165) is 12.3 Å². The zero-order valence-corrected chi connectivity index (χ0v) is 7.81. The van der Waals surface area contributed by atoms with Gasteiger partial charge in [-0.05, 0) is 18.9 Å². The van der Waals surface area contributed by atoms with Gasteiger partial charge in [0.2, 0.25) is 0 Å². The van der Waals surface area contributed by atoms with Crippen molar-refractivity contribution >= 4 is 27.9 Å². The third-order valence-corrected chi connectivity index (χ3v) is 2.73. The summed E-state index contributed by atoms with van der Waals surface area (Å²) in [5, 5.41) is 0. The molecular weight excluding hydrogens is 150 g/mol. The Kier molecular flexibility index (Phi) is 6.76. The second-order valence-corrected chi connectivity index (χ2v) is 3.68. The van der Waals surface area contributed by atoms with Crippen LogP contribution in [-0.2, 0) is 0 Å². The van der Waals surface area contributed by atoms with Crippen molar-refractivity contribution in [2.45, 2.75) is 13.8 Å². The van der Waals surface area contributed by atoms with Gasteiger partial charge in [0, 0.05) is 6.54 Å². The van der Waals surface area contributed by atoms with Crippen LogP contribution in [0, 0.1) is 0 Å². The van der Waals surface area contributed by atoms with Crippen molar-refractivity contribution in [2.75, 3.05) is 18.6 Å². The lowest BCUT2D eigenvalue weighted by atomic mass is 10.8. The van der Waals surface area contributed by atoms with Crippen LogP contribution in [0.25, 0.3) is 0 Å². The molecular formula is C6H13NS2. The van der Waals surface area contributed by atoms with Crippen LogP contribution in [0.5, 0.6) is 0 Å².